The van der Waals surface area contributed by atoms with Gasteiger partial charge >= 0.3 is 0 Å². The Bertz CT molecular complexity index is 1260. The summed E-state index contributed by atoms with van der Waals surface area (Å²) >= 11 is 0. The third kappa shape index (κ3) is 7.62. The number of ether oxygens (including phenoxy) is 1. The van der Waals surface area contributed by atoms with Crippen molar-refractivity contribution >= 4 is 33.2 Å². The summed E-state index contributed by atoms with van der Waals surface area (Å²) in [7, 11) is -2.91. The number of nitrogens with zero attached hydrogens (tertiary/aromatic N) is 3. The van der Waals surface area contributed by atoms with Gasteiger partial charge in [-0.05, 0) is 32.4 Å². The number of hydrogen-bond acceptors (Lipinski definition) is 7. The van der Waals surface area contributed by atoms with Crippen LogP contribution in [-0.4, -0.2) is 62.0 Å². The van der Waals surface area contributed by atoms with Gasteiger partial charge in [0.05, 0.1) is 18.3 Å². The largest absolute Gasteiger partial charge is 0.495 e. The predicted molar refractivity (Wildman–Crippen MR) is 136 cm³/mol. The Balaban J connectivity index is 2.53. The number of hydrogen-bond donors (Lipinski definition) is 1. The lowest BCUT2D eigenvalue weighted by molar-refractivity contribution is -0.384. The molecule has 2 atom stereocenters. The second kappa shape index (κ2) is 12.5. The Hall–Kier alpha value is -3.74. The first-order valence-electron chi connectivity index (χ1n) is 11.4. The second-order valence-corrected chi connectivity index (χ2v) is 10.4. The molecule has 0 aliphatic carbocycles. The highest BCUT2D eigenvalue weighted by molar-refractivity contribution is 7.92. The predicted octanol–water partition coefficient (Wildman–Crippen LogP) is 2.84. The number of halogens is 1. The lowest BCUT2D eigenvalue weighted by atomic mass is 10.1. The molecule has 0 bridgehead atoms. The van der Waals surface area contributed by atoms with Crippen molar-refractivity contribution in [2.45, 2.75) is 45.8 Å². The fourth-order valence-electron chi connectivity index (χ4n) is 3.44. The van der Waals surface area contributed by atoms with Crippen LogP contribution in [0.3, 0.4) is 0 Å². The molecule has 2 aromatic rings. The summed E-state index contributed by atoms with van der Waals surface area (Å²) in [6.45, 7) is 3.98. The van der Waals surface area contributed by atoms with E-state index in [-0.39, 0.29) is 29.6 Å². The number of anilines is 1. The Morgan fingerprint density at radius 3 is 2.38 bits per heavy atom. The Morgan fingerprint density at radius 2 is 1.84 bits per heavy atom. The average Bonchev–Trinajstić information content (AvgIpc) is 2.84. The molecule has 0 radical (unpaired) electrons. The lowest BCUT2D eigenvalue weighted by Gasteiger charge is -2.32. The maximum absolute atomic E-state index is 14.5. The number of rotatable bonds is 12. The van der Waals surface area contributed by atoms with Crippen molar-refractivity contribution in [3.05, 3.63) is 64.0 Å². The first-order valence-corrected chi connectivity index (χ1v) is 13.3. The van der Waals surface area contributed by atoms with Crippen LogP contribution in [0.2, 0.25) is 0 Å². The quantitative estimate of drug-likeness (QED) is 0.324. The minimum absolute atomic E-state index is 0.0213. The minimum atomic E-state index is -4.16. The number of nitrogens with one attached hydrogen (secondary N) is 1. The second-order valence-electron chi connectivity index (χ2n) is 8.49. The maximum atomic E-state index is 14.5. The summed E-state index contributed by atoms with van der Waals surface area (Å²) in [5, 5.41) is 14.1. The first-order chi connectivity index (χ1) is 17.3. The van der Waals surface area contributed by atoms with Crippen molar-refractivity contribution in [1.29, 1.82) is 0 Å². The standard InChI is InChI=1S/C24H31FN4O7S/c1-6-16(2)26-24(31)17(3)27(14-18-9-7-8-10-20(18)25)23(30)15-28(37(5,34)35)21-13-19(29(32)33)11-12-22(21)36-4/h7-13,16-17H,6,14-15H2,1-5H3,(H,26,31). The summed E-state index contributed by atoms with van der Waals surface area (Å²) in [4.78, 5) is 38.1. The summed E-state index contributed by atoms with van der Waals surface area (Å²) in [5.74, 6) is -1.95. The van der Waals surface area contributed by atoms with Gasteiger partial charge in [0.1, 0.15) is 29.8 Å². The van der Waals surface area contributed by atoms with Crippen molar-refractivity contribution in [2.75, 3.05) is 24.2 Å². The third-order valence-corrected chi connectivity index (χ3v) is 6.91. The fourth-order valence-corrected chi connectivity index (χ4v) is 4.28. The zero-order chi connectivity index (χ0) is 27.9. The molecule has 0 fully saturated rings. The molecule has 0 heterocycles. The normalized spacial score (nSPS) is 12.8. The van der Waals surface area contributed by atoms with Crippen LogP contribution in [0.4, 0.5) is 15.8 Å². The lowest BCUT2D eigenvalue weighted by Crippen LogP contribution is -2.52. The zero-order valence-electron chi connectivity index (χ0n) is 21.3. The molecule has 0 saturated carbocycles. The number of nitro groups is 1. The molecule has 2 amide bonds. The first kappa shape index (κ1) is 29.5. The molecule has 37 heavy (non-hydrogen) atoms. The van der Waals surface area contributed by atoms with E-state index in [0.29, 0.717) is 10.7 Å². The Labute approximate surface area is 215 Å². The summed E-state index contributed by atoms with van der Waals surface area (Å²) < 4.78 is 45.8. The molecule has 1 N–H and O–H groups in total. The van der Waals surface area contributed by atoms with Gasteiger partial charge in [-0.1, -0.05) is 25.1 Å². The van der Waals surface area contributed by atoms with Crippen LogP contribution in [0.15, 0.2) is 42.5 Å². The van der Waals surface area contributed by atoms with Crippen molar-refractivity contribution in [3.63, 3.8) is 0 Å². The van der Waals surface area contributed by atoms with Crippen molar-refractivity contribution in [1.82, 2.24) is 10.2 Å². The van der Waals surface area contributed by atoms with Gasteiger partial charge in [0.15, 0.2) is 0 Å². The van der Waals surface area contributed by atoms with Crippen molar-refractivity contribution in [3.8, 4) is 5.75 Å². The fraction of sp³-hybridized carbons (Fsp3) is 0.417. The number of amides is 2. The van der Waals surface area contributed by atoms with Crippen LogP contribution in [0.5, 0.6) is 5.75 Å². The monoisotopic (exact) mass is 538 g/mol. The maximum Gasteiger partial charge on any atom is 0.271 e. The minimum Gasteiger partial charge on any atom is -0.495 e. The third-order valence-electron chi connectivity index (χ3n) is 5.79. The molecule has 0 aliphatic rings. The number of methoxy groups -OCH3 is 1. The highest BCUT2D eigenvalue weighted by atomic mass is 32.2. The highest BCUT2D eigenvalue weighted by Gasteiger charge is 2.32. The van der Waals surface area contributed by atoms with Gasteiger partial charge in [0, 0.05) is 30.3 Å². The van der Waals surface area contributed by atoms with E-state index in [4.69, 9.17) is 4.74 Å². The van der Waals surface area contributed by atoms with Crippen LogP contribution in [0, 0.1) is 15.9 Å². The average molecular weight is 539 g/mol. The Morgan fingerprint density at radius 1 is 1.19 bits per heavy atom. The molecule has 2 unspecified atom stereocenters. The van der Waals surface area contributed by atoms with E-state index < -0.39 is 50.9 Å². The molecule has 0 saturated heterocycles. The van der Waals surface area contributed by atoms with Crippen LogP contribution in [0.1, 0.15) is 32.8 Å². The van der Waals surface area contributed by atoms with Crippen molar-refractivity contribution < 1.29 is 32.1 Å². The van der Waals surface area contributed by atoms with Gasteiger partial charge in [-0.25, -0.2) is 12.8 Å². The van der Waals surface area contributed by atoms with Gasteiger partial charge < -0.3 is 15.0 Å². The molecule has 13 heteroatoms. The van der Waals surface area contributed by atoms with E-state index in [1.54, 1.807) is 13.0 Å². The molecule has 0 aromatic heterocycles. The summed E-state index contributed by atoms with van der Waals surface area (Å²) in [6.07, 6.45) is 1.47. The molecular weight excluding hydrogens is 507 g/mol. The number of carbonyl (C=O) groups excluding carboxylic acids is 2. The highest BCUT2D eigenvalue weighted by Crippen LogP contribution is 2.34. The van der Waals surface area contributed by atoms with E-state index in [2.05, 4.69) is 5.32 Å². The number of nitro benzene ring substituents is 1. The van der Waals surface area contributed by atoms with Crippen LogP contribution in [-0.2, 0) is 26.2 Å². The summed E-state index contributed by atoms with van der Waals surface area (Å²) in [5.41, 5.74) is -0.519. The van der Waals surface area contributed by atoms with Crippen LogP contribution in [0.25, 0.3) is 0 Å². The van der Waals surface area contributed by atoms with E-state index in [1.165, 1.54) is 38.3 Å². The number of sulfonamides is 1. The topological polar surface area (TPSA) is 139 Å². The molecular formula is C24H31FN4O7S. The van der Waals surface area contributed by atoms with E-state index in [1.807, 2.05) is 6.92 Å². The van der Waals surface area contributed by atoms with Crippen LogP contribution < -0.4 is 14.4 Å². The van der Waals surface area contributed by atoms with Gasteiger partial charge in [-0.2, -0.15) is 0 Å². The van der Waals surface area contributed by atoms with Gasteiger partial charge in [0.2, 0.25) is 21.8 Å². The number of non-ortho nitro benzene ring substituents is 1. The molecule has 2 rings (SSSR count). The van der Waals surface area contributed by atoms with Gasteiger partial charge in [0.25, 0.3) is 5.69 Å². The van der Waals surface area contributed by atoms with Crippen molar-refractivity contribution in [2.24, 2.45) is 0 Å². The van der Waals surface area contributed by atoms with Crippen LogP contribution >= 0.6 is 0 Å². The van der Waals surface area contributed by atoms with E-state index in [9.17, 15) is 32.5 Å². The number of carbonyl (C=O) groups is 2. The molecule has 202 valence electrons. The summed E-state index contributed by atoms with van der Waals surface area (Å²) in [6, 6.07) is 7.76. The molecule has 0 spiro atoms. The zero-order valence-corrected chi connectivity index (χ0v) is 22.1. The molecule has 11 nitrogen and oxygen atoms in total. The van der Waals surface area contributed by atoms with E-state index >= 15 is 0 Å². The number of benzene rings is 2. The van der Waals surface area contributed by atoms with Gasteiger partial charge in [-0.15, -0.1) is 0 Å². The SMILES string of the molecule is CCC(C)NC(=O)C(C)N(Cc1ccccc1F)C(=O)CN(c1cc([N+](=O)[O-])ccc1OC)S(C)(=O)=O. The van der Waals surface area contributed by atoms with Gasteiger partial charge in [-0.3, -0.25) is 24.0 Å². The smallest absolute Gasteiger partial charge is 0.271 e. The Kier molecular flexibility index (Phi) is 9.95. The molecule has 2 aromatic carbocycles. The van der Waals surface area contributed by atoms with E-state index in [0.717, 1.165) is 23.3 Å². The molecule has 0 aliphatic heterocycles.